The number of benzene rings is 2. The Morgan fingerprint density at radius 3 is 2.10 bits per heavy atom. The van der Waals surface area contributed by atoms with Crippen LogP contribution in [0.3, 0.4) is 0 Å². The van der Waals surface area contributed by atoms with Crippen LogP contribution in [-0.4, -0.2) is 142 Å². The average Bonchev–Trinajstić information content (AvgIpc) is 3.81. The van der Waals surface area contributed by atoms with Gasteiger partial charge in [0.25, 0.3) is 0 Å². The van der Waals surface area contributed by atoms with Crippen molar-refractivity contribution in [2.75, 3.05) is 34.9 Å². The minimum absolute atomic E-state index is 0.00567. The SMILES string of the molecule is C#CCC(OC(=O)N(C)[C@H](C(=O)N[C@H](C(=O)N(C)C([C@@H](C)CC)[C@@H](CC(=O)N1CCCC1[C@H](OC)[C@@H](C)C(=O)N[C@H](C)[C@@H](O)c1ccccc1)OC)C(C)C)C(C)C)c1ccc(OP(=O)(O)O)c([N+](=O)[O-])c1. The lowest BCUT2D eigenvalue weighted by molar-refractivity contribution is -0.385. The predicted octanol–water partition coefficient (Wildman–Crippen LogP) is 5.52. The molecule has 1 fully saturated rings. The van der Waals surface area contributed by atoms with Crippen LogP contribution in [0.4, 0.5) is 10.5 Å². The van der Waals surface area contributed by atoms with E-state index in [0.29, 0.717) is 31.4 Å². The van der Waals surface area contributed by atoms with Gasteiger partial charge >= 0.3 is 19.6 Å². The molecule has 72 heavy (non-hydrogen) atoms. The summed E-state index contributed by atoms with van der Waals surface area (Å²) in [7, 11) is 0.699. The summed E-state index contributed by atoms with van der Waals surface area (Å²) in [4.78, 5) is 104. The number of aliphatic hydroxyl groups excluding tert-OH is 1. The van der Waals surface area contributed by atoms with Crippen LogP contribution in [-0.2, 0) is 38.0 Å². The molecule has 0 spiro atoms. The molecule has 1 saturated heterocycles. The van der Waals surface area contributed by atoms with Gasteiger partial charge in [-0.25, -0.2) is 9.36 Å². The molecule has 2 aromatic rings. The highest BCUT2D eigenvalue weighted by molar-refractivity contribution is 7.46. The fourth-order valence-corrected chi connectivity index (χ4v) is 9.72. The lowest BCUT2D eigenvalue weighted by Gasteiger charge is -2.41. The van der Waals surface area contributed by atoms with Crippen molar-refractivity contribution in [3.63, 3.8) is 0 Å². The molecule has 21 nitrogen and oxygen atoms in total. The summed E-state index contributed by atoms with van der Waals surface area (Å²) >= 11 is 0. The summed E-state index contributed by atoms with van der Waals surface area (Å²) in [5.41, 5.74) is -0.161. The highest BCUT2D eigenvalue weighted by atomic mass is 31.2. The van der Waals surface area contributed by atoms with E-state index in [-0.39, 0.29) is 36.1 Å². The number of rotatable bonds is 26. The number of phosphoric ester groups is 1. The van der Waals surface area contributed by atoms with Gasteiger partial charge in [0, 0.05) is 46.5 Å². The van der Waals surface area contributed by atoms with Crippen molar-refractivity contribution in [1.82, 2.24) is 25.3 Å². The molecule has 1 heterocycles. The Morgan fingerprint density at radius 2 is 1.57 bits per heavy atom. The molecule has 1 aliphatic rings. The number of nitrogens with one attached hydrogen (secondary N) is 2. The maximum Gasteiger partial charge on any atom is 0.525 e. The van der Waals surface area contributed by atoms with Crippen LogP contribution in [0.15, 0.2) is 48.5 Å². The number of ether oxygens (including phenoxy) is 3. The predicted molar refractivity (Wildman–Crippen MR) is 267 cm³/mol. The zero-order valence-corrected chi connectivity index (χ0v) is 44.3. The Morgan fingerprint density at radius 1 is 0.931 bits per heavy atom. The van der Waals surface area contributed by atoms with E-state index in [1.807, 2.05) is 19.9 Å². The van der Waals surface area contributed by atoms with Gasteiger partial charge in [-0.3, -0.25) is 44.0 Å². The first-order chi connectivity index (χ1) is 33.7. The number of likely N-dealkylation sites (N-methyl/N-ethyl adjacent to an activating group) is 2. The van der Waals surface area contributed by atoms with Gasteiger partial charge in [-0.1, -0.05) is 91.3 Å². The number of nitrogens with zero attached hydrogens (tertiary/aromatic N) is 4. The van der Waals surface area contributed by atoms with Crippen LogP contribution in [0.1, 0.15) is 111 Å². The molecule has 400 valence electrons. The summed E-state index contributed by atoms with van der Waals surface area (Å²) in [5, 5.41) is 28.5. The molecule has 0 saturated carbocycles. The van der Waals surface area contributed by atoms with Gasteiger partial charge in [0.2, 0.25) is 29.4 Å². The lowest BCUT2D eigenvalue weighted by atomic mass is 9.89. The van der Waals surface area contributed by atoms with Gasteiger partial charge < -0.3 is 44.3 Å². The number of methoxy groups -OCH3 is 2. The Labute approximate surface area is 423 Å². The van der Waals surface area contributed by atoms with Crippen molar-refractivity contribution >= 4 is 43.2 Å². The first-order valence-corrected chi connectivity index (χ1v) is 25.6. The van der Waals surface area contributed by atoms with E-state index in [9.17, 15) is 53.5 Å². The van der Waals surface area contributed by atoms with Crippen LogP contribution >= 0.6 is 7.82 Å². The third kappa shape index (κ3) is 15.9. The van der Waals surface area contributed by atoms with Crippen LogP contribution in [0, 0.1) is 46.1 Å². The first kappa shape index (κ1) is 60.7. The molecule has 1 aliphatic heterocycles. The number of amides is 5. The standard InChI is InChI=1S/C50H75N6O15P/c1-14-20-38(35-24-25-39(71-72(65,66)67)37(27-35)56(63)64)70-50(62)54(11)43(30(5)6)48(60)52-42(29(3)4)49(61)53(10)44(31(7)15-2)40(68-12)28-41(57)55-26-19-23-36(55)46(69-13)32(8)47(59)51-33(9)45(58)34-21-17-16-18-22-34/h1,16-18,21-22,24-25,27,29-33,36,38,40,42-46,58H,15,19-20,23,26,28H2,2-13H3,(H,51,59)(H,52,60)(H2,65,66,67)/t31-,32+,33+,36?,38?,40+,42-,43-,44?,45+,46+/m0/s1. The van der Waals surface area contributed by atoms with E-state index in [1.54, 1.807) is 77.8 Å². The summed E-state index contributed by atoms with van der Waals surface area (Å²) in [6, 6.07) is 8.00. The maximum atomic E-state index is 14.7. The van der Waals surface area contributed by atoms with Crippen LogP contribution in [0.25, 0.3) is 0 Å². The van der Waals surface area contributed by atoms with Gasteiger partial charge in [0.15, 0.2) is 0 Å². The van der Waals surface area contributed by atoms with Crippen molar-refractivity contribution in [3.05, 3.63) is 69.8 Å². The van der Waals surface area contributed by atoms with E-state index < -0.39 is 114 Å². The fraction of sp³-hybridized carbons (Fsp3) is 0.620. The molecule has 3 rings (SSSR count). The number of hydrogen-bond acceptors (Lipinski definition) is 13. The molecule has 11 atom stereocenters. The van der Waals surface area contributed by atoms with Crippen LogP contribution in [0.5, 0.6) is 5.75 Å². The highest BCUT2D eigenvalue weighted by Gasteiger charge is 2.44. The second-order valence-electron chi connectivity index (χ2n) is 19.1. The molecule has 0 aromatic heterocycles. The van der Waals surface area contributed by atoms with Crippen molar-refractivity contribution in [1.29, 1.82) is 0 Å². The first-order valence-electron chi connectivity index (χ1n) is 24.1. The quantitative estimate of drug-likeness (QED) is 0.0336. The van der Waals surface area contributed by atoms with Crippen molar-refractivity contribution in [2.24, 2.45) is 23.7 Å². The van der Waals surface area contributed by atoms with Crippen molar-refractivity contribution in [3.8, 4) is 18.1 Å². The summed E-state index contributed by atoms with van der Waals surface area (Å²) in [6.45, 7) is 14.6. The molecule has 0 radical (unpaired) electrons. The number of likely N-dealkylation sites (tertiary alicyclic amines) is 1. The molecule has 5 N–H and O–H groups in total. The monoisotopic (exact) mass is 1030 g/mol. The van der Waals surface area contributed by atoms with Crippen LogP contribution < -0.4 is 15.2 Å². The number of nitro benzene ring substituents is 1. The number of carbonyl (C=O) groups is 5. The van der Waals surface area contributed by atoms with E-state index >= 15 is 0 Å². The van der Waals surface area contributed by atoms with E-state index in [4.69, 9.17) is 20.6 Å². The summed E-state index contributed by atoms with van der Waals surface area (Å²) < 4.78 is 33.5. The number of phosphoric acid groups is 1. The summed E-state index contributed by atoms with van der Waals surface area (Å²) in [5.74, 6) is -2.05. The van der Waals surface area contributed by atoms with E-state index in [2.05, 4.69) is 21.1 Å². The molecule has 0 bridgehead atoms. The molecule has 22 heteroatoms. The minimum Gasteiger partial charge on any atom is -0.440 e. The molecular weight excluding hydrogens is 956 g/mol. The highest BCUT2D eigenvalue weighted by Crippen LogP contribution is 2.43. The van der Waals surface area contributed by atoms with Gasteiger partial charge in [0.1, 0.15) is 18.2 Å². The Bertz CT molecular complexity index is 2260. The molecule has 2 aromatic carbocycles. The Hall–Kier alpha value is -5.62. The third-order valence-corrected chi connectivity index (χ3v) is 13.8. The smallest absolute Gasteiger partial charge is 0.440 e. The van der Waals surface area contributed by atoms with Gasteiger partial charge in [-0.15, -0.1) is 12.3 Å². The van der Waals surface area contributed by atoms with E-state index in [0.717, 1.165) is 17.0 Å². The topological polar surface area (TPSA) is 277 Å². The number of hydrogen-bond donors (Lipinski definition) is 5. The van der Waals surface area contributed by atoms with Gasteiger partial charge in [0.05, 0.1) is 60.1 Å². The molecule has 3 unspecified atom stereocenters. The minimum atomic E-state index is -5.18. The fourth-order valence-electron chi connectivity index (χ4n) is 9.31. The molecule has 0 aliphatic carbocycles. The number of nitro groups is 1. The largest absolute Gasteiger partial charge is 0.525 e. The molecular formula is C50H75N6O15P. The second kappa shape index (κ2) is 27.4. The maximum absolute atomic E-state index is 14.7. The second-order valence-corrected chi connectivity index (χ2v) is 20.3. The lowest BCUT2D eigenvalue weighted by Crippen LogP contribution is -2.60. The zero-order valence-electron chi connectivity index (χ0n) is 43.4. The van der Waals surface area contributed by atoms with E-state index in [1.165, 1.54) is 32.2 Å². The Balaban J connectivity index is 1.82. The Kier molecular flexibility index (Phi) is 23.1. The third-order valence-electron chi connectivity index (χ3n) is 13.4. The van der Waals surface area contributed by atoms with Crippen LogP contribution in [0.2, 0.25) is 0 Å². The number of aliphatic hydroxyl groups is 1. The van der Waals surface area contributed by atoms with Crippen molar-refractivity contribution < 1.29 is 67.1 Å². The number of terminal acetylenes is 1. The summed E-state index contributed by atoms with van der Waals surface area (Å²) in [6.07, 6.45) is 2.25. The average molecular weight is 1030 g/mol. The van der Waals surface area contributed by atoms with Crippen molar-refractivity contribution in [2.45, 2.75) is 142 Å². The number of carbonyl (C=O) groups excluding carboxylic acids is 5. The molecule has 5 amide bonds. The van der Waals surface area contributed by atoms with Gasteiger partial charge in [-0.2, -0.15) is 0 Å². The normalized spacial score (nSPS) is 18.0. The zero-order chi connectivity index (χ0) is 54.4. The van der Waals surface area contributed by atoms with Gasteiger partial charge in [-0.05, 0) is 49.1 Å².